The molecule has 0 aliphatic carbocycles. The van der Waals surface area contributed by atoms with Crippen molar-refractivity contribution in [2.24, 2.45) is 0 Å². The molecular formula is C12H12FN3O5. The van der Waals surface area contributed by atoms with Gasteiger partial charge in [-0.1, -0.05) is 0 Å². The molecule has 9 heteroatoms. The molecule has 1 N–H and O–H groups in total. The Hall–Kier alpha value is -2.71. The summed E-state index contributed by atoms with van der Waals surface area (Å²) < 4.78 is 18.3. The number of carbonyl (C=O) groups excluding carboxylic acids is 2. The van der Waals surface area contributed by atoms with Crippen molar-refractivity contribution in [2.45, 2.75) is 13.0 Å². The smallest absolute Gasteiger partial charge is 0.324 e. The predicted octanol–water partition coefficient (Wildman–Crippen LogP) is 1.05. The van der Waals surface area contributed by atoms with Crippen LogP contribution in [0.4, 0.5) is 14.9 Å². The normalized spacial score (nSPS) is 15.5. The fourth-order valence-corrected chi connectivity index (χ4v) is 1.88. The minimum absolute atomic E-state index is 0.191. The van der Waals surface area contributed by atoms with E-state index in [-0.39, 0.29) is 12.3 Å². The van der Waals surface area contributed by atoms with Gasteiger partial charge in [-0.05, 0) is 13.0 Å². The zero-order chi connectivity index (χ0) is 15.6. The van der Waals surface area contributed by atoms with Crippen molar-refractivity contribution < 1.29 is 23.6 Å². The number of ether oxygens (including phenoxy) is 1. The van der Waals surface area contributed by atoms with Crippen molar-refractivity contribution >= 4 is 17.6 Å². The van der Waals surface area contributed by atoms with Gasteiger partial charge in [-0.3, -0.25) is 19.8 Å². The van der Waals surface area contributed by atoms with Gasteiger partial charge >= 0.3 is 11.7 Å². The van der Waals surface area contributed by atoms with Gasteiger partial charge in [0.15, 0.2) is 6.10 Å². The summed E-state index contributed by atoms with van der Waals surface area (Å²) in [6, 6.07) is 2.14. The van der Waals surface area contributed by atoms with Gasteiger partial charge in [0, 0.05) is 25.2 Å². The first-order valence-electron chi connectivity index (χ1n) is 6.10. The lowest BCUT2D eigenvalue weighted by atomic mass is 10.2. The van der Waals surface area contributed by atoms with E-state index in [1.807, 2.05) is 0 Å². The standard InChI is InChI=1S/C12H12FN3O5/c1-7(11(17)15-5-4-14-12(15)18)21-10-6-8(13)2-3-9(10)16(19)20/h2-3,6-7H,4-5H2,1H3,(H,14,18)/t7-/m1/s1. The quantitative estimate of drug-likeness (QED) is 0.661. The van der Waals surface area contributed by atoms with Crippen LogP contribution >= 0.6 is 0 Å². The molecule has 0 unspecified atom stereocenters. The van der Waals surface area contributed by atoms with Crippen LogP contribution in [0.1, 0.15) is 6.92 Å². The van der Waals surface area contributed by atoms with Crippen molar-refractivity contribution in [1.29, 1.82) is 0 Å². The minimum Gasteiger partial charge on any atom is -0.474 e. The van der Waals surface area contributed by atoms with E-state index in [4.69, 9.17) is 4.74 Å². The molecule has 112 valence electrons. The summed E-state index contributed by atoms with van der Waals surface area (Å²) in [6.07, 6.45) is -1.16. The number of nitrogens with one attached hydrogen (secondary N) is 1. The Balaban J connectivity index is 2.17. The Morgan fingerprint density at radius 2 is 2.29 bits per heavy atom. The molecule has 1 saturated heterocycles. The van der Waals surface area contributed by atoms with E-state index in [1.54, 1.807) is 0 Å². The van der Waals surface area contributed by atoms with Crippen molar-refractivity contribution in [3.63, 3.8) is 0 Å². The monoisotopic (exact) mass is 297 g/mol. The van der Waals surface area contributed by atoms with Crippen LogP contribution in [0.2, 0.25) is 0 Å². The van der Waals surface area contributed by atoms with Crippen LogP contribution in [0.3, 0.4) is 0 Å². The van der Waals surface area contributed by atoms with Crippen LogP contribution in [-0.4, -0.2) is 41.0 Å². The van der Waals surface area contributed by atoms with Crippen LogP contribution in [-0.2, 0) is 4.79 Å². The van der Waals surface area contributed by atoms with E-state index in [0.29, 0.717) is 6.54 Å². The molecule has 1 aliphatic heterocycles. The van der Waals surface area contributed by atoms with E-state index in [1.165, 1.54) is 6.92 Å². The SMILES string of the molecule is C[C@@H](Oc1cc(F)ccc1[N+](=O)[O-])C(=O)N1CCNC1=O. The Labute approximate surface area is 118 Å². The molecule has 1 atom stereocenters. The number of nitro groups is 1. The average Bonchev–Trinajstić information content (AvgIpc) is 2.83. The highest BCUT2D eigenvalue weighted by molar-refractivity contribution is 5.97. The Morgan fingerprint density at radius 3 is 2.86 bits per heavy atom. The zero-order valence-electron chi connectivity index (χ0n) is 11.0. The first-order chi connectivity index (χ1) is 9.90. The maximum Gasteiger partial charge on any atom is 0.324 e. The van der Waals surface area contributed by atoms with E-state index >= 15 is 0 Å². The van der Waals surface area contributed by atoms with E-state index in [9.17, 15) is 24.1 Å². The van der Waals surface area contributed by atoms with E-state index < -0.39 is 34.5 Å². The average molecular weight is 297 g/mol. The lowest BCUT2D eigenvalue weighted by molar-refractivity contribution is -0.386. The summed E-state index contributed by atoms with van der Waals surface area (Å²) >= 11 is 0. The van der Waals surface area contributed by atoms with Gasteiger partial charge in [0.1, 0.15) is 5.82 Å². The highest BCUT2D eigenvalue weighted by atomic mass is 19.1. The second-order valence-electron chi connectivity index (χ2n) is 4.35. The minimum atomic E-state index is -1.16. The molecular weight excluding hydrogens is 285 g/mol. The maximum absolute atomic E-state index is 13.2. The van der Waals surface area contributed by atoms with Gasteiger partial charge in [-0.15, -0.1) is 0 Å². The number of amides is 3. The van der Waals surface area contributed by atoms with E-state index in [0.717, 1.165) is 23.1 Å². The van der Waals surface area contributed by atoms with Crippen LogP contribution in [0.5, 0.6) is 5.75 Å². The fourth-order valence-electron chi connectivity index (χ4n) is 1.88. The van der Waals surface area contributed by atoms with Crippen molar-refractivity contribution in [3.8, 4) is 5.75 Å². The summed E-state index contributed by atoms with van der Waals surface area (Å²) in [5.41, 5.74) is -0.457. The zero-order valence-corrected chi connectivity index (χ0v) is 11.0. The number of carbonyl (C=O) groups is 2. The van der Waals surface area contributed by atoms with E-state index in [2.05, 4.69) is 5.32 Å². The number of benzene rings is 1. The largest absolute Gasteiger partial charge is 0.474 e. The molecule has 1 fully saturated rings. The number of hydrogen-bond donors (Lipinski definition) is 1. The molecule has 3 amide bonds. The summed E-state index contributed by atoms with van der Waals surface area (Å²) in [5.74, 6) is -1.74. The number of imide groups is 1. The van der Waals surface area contributed by atoms with Crippen LogP contribution in [0.15, 0.2) is 18.2 Å². The summed E-state index contributed by atoms with van der Waals surface area (Å²) in [6.45, 7) is 1.86. The molecule has 1 heterocycles. The molecule has 0 radical (unpaired) electrons. The molecule has 21 heavy (non-hydrogen) atoms. The Kier molecular flexibility index (Phi) is 4.01. The predicted molar refractivity (Wildman–Crippen MR) is 68.3 cm³/mol. The first-order valence-corrected chi connectivity index (χ1v) is 6.10. The third-order valence-corrected chi connectivity index (χ3v) is 2.89. The first kappa shape index (κ1) is 14.7. The number of nitrogens with zero attached hydrogens (tertiary/aromatic N) is 2. The molecule has 0 spiro atoms. The fraction of sp³-hybridized carbons (Fsp3) is 0.333. The third kappa shape index (κ3) is 3.07. The topological polar surface area (TPSA) is 102 Å². The molecule has 8 nitrogen and oxygen atoms in total. The summed E-state index contributed by atoms with van der Waals surface area (Å²) in [4.78, 5) is 34.4. The second kappa shape index (κ2) is 5.73. The number of nitro benzene ring substituents is 1. The van der Waals surface area contributed by atoms with Gasteiger partial charge < -0.3 is 10.1 Å². The number of halogens is 1. The lowest BCUT2D eigenvalue weighted by Gasteiger charge is -2.18. The van der Waals surface area contributed by atoms with Gasteiger partial charge in [0.05, 0.1) is 4.92 Å². The van der Waals surface area contributed by atoms with Crippen molar-refractivity contribution in [1.82, 2.24) is 10.2 Å². The molecule has 1 aliphatic rings. The van der Waals surface area contributed by atoms with Crippen LogP contribution in [0, 0.1) is 15.9 Å². The molecule has 2 rings (SSSR count). The maximum atomic E-state index is 13.2. The summed E-state index contributed by atoms with van der Waals surface area (Å²) in [5, 5.41) is 13.3. The molecule has 0 aromatic heterocycles. The second-order valence-corrected chi connectivity index (χ2v) is 4.35. The molecule has 0 saturated carbocycles. The highest BCUT2D eigenvalue weighted by Gasteiger charge is 2.31. The summed E-state index contributed by atoms with van der Waals surface area (Å²) in [7, 11) is 0. The molecule has 1 aromatic rings. The number of urea groups is 1. The van der Waals surface area contributed by atoms with Gasteiger partial charge in [0.25, 0.3) is 5.91 Å². The van der Waals surface area contributed by atoms with Crippen molar-refractivity contribution in [2.75, 3.05) is 13.1 Å². The highest BCUT2D eigenvalue weighted by Crippen LogP contribution is 2.28. The molecule has 0 bridgehead atoms. The number of rotatable bonds is 4. The Morgan fingerprint density at radius 1 is 1.57 bits per heavy atom. The number of hydrogen-bond acceptors (Lipinski definition) is 5. The van der Waals surface area contributed by atoms with Crippen LogP contribution < -0.4 is 10.1 Å². The van der Waals surface area contributed by atoms with Crippen molar-refractivity contribution in [3.05, 3.63) is 34.1 Å². The Bertz CT molecular complexity index is 607. The van der Waals surface area contributed by atoms with Crippen LogP contribution in [0.25, 0.3) is 0 Å². The lowest BCUT2D eigenvalue weighted by Crippen LogP contribution is -2.42. The third-order valence-electron chi connectivity index (χ3n) is 2.89. The van der Waals surface area contributed by atoms with Gasteiger partial charge in [-0.25, -0.2) is 9.18 Å². The van der Waals surface area contributed by atoms with Gasteiger partial charge in [-0.2, -0.15) is 0 Å². The molecule has 1 aromatic carbocycles. The van der Waals surface area contributed by atoms with Gasteiger partial charge in [0.2, 0.25) is 5.75 Å².